The van der Waals surface area contributed by atoms with Gasteiger partial charge in [-0.25, -0.2) is 10.9 Å². The van der Waals surface area contributed by atoms with Crippen LogP contribution in [-0.4, -0.2) is 24.2 Å². The van der Waals surface area contributed by atoms with Crippen LogP contribution in [-0.2, 0) is 9.59 Å². The van der Waals surface area contributed by atoms with E-state index in [9.17, 15) is 9.59 Å². The Bertz CT molecular complexity index is 315. The van der Waals surface area contributed by atoms with Gasteiger partial charge >= 0.3 is 0 Å². The monoisotopic (exact) mass is 282 g/mol. The molecule has 114 valence electrons. The number of unbranched alkanes of at least 4 members (excludes halogenated alkanes) is 1. The molecule has 2 N–H and O–H groups in total. The van der Waals surface area contributed by atoms with Gasteiger partial charge in [-0.3, -0.25) is 9.59 Å². The van der Waals surface area contributed by atoms with Gasteiger partial charge in [0.15, 0.2) is 0 Å². The van der Waals surface area contributed by atoms with Crippen LogP contribution >= 0.6 is 0 Å². The third-order valence-corrected chi connectivity index (χ3v) is 2.18. The molecule has 0 saturated carbocycles. The highest BCUT2D eigenvalue weighted by atomic mass is 16.2. The van der Waals surface area contributed by atoms with Crippen molar-refractivity contribution in [2.75, 3.05) is 0 Å². The molecule has 0 rings (SSSR count). The molecule has 6 heteroatoms. The van der Waals surface area contributed by atoms with Crippen molar-refractivity contribution in [1.29, 1.82) is 0 Å². The number of carbonyl (C=O) groups excluding carboxylic acids is 2. The van der Waals surface area contributed by atoms with Gasteiger partial charge in [0.2, 0.25) is 11.8 Å². The number of carbonyl (C=O) groups is 2. The first-order valence-electron chi connectivity index (χ1n) is 7.06. The quantitative estimate of drug-likeness (QED) is 0.385. The standard InChI is InChI=1S/C14H26N4O2/c1-11(2)9-15-17-13(19)7-5-6-8-14(20)18-16-10-12(3)4/h9-12H,5-8H2,1-4H3,(H,17,19)(H,18,20)/b15-9+,16-10+. The van der Waals surface area contributed by atoms with Crippen LogP contribution in [0.5, 0.6) is 0 Å². The maximum Gasteiger partial charge on any atom is 0.240 e. The fourth-order valence-electron chi connectivity index (χ4n) is 1.20. The summed E-state index contributed by atoms with van der Waals surface area (Å²) < 4.78 is 0. The van der Waals surface area contributed by atoms with Crippen LogP contribution in [0.1, 0.15) is 53.4 Å². The molecule has 0 spiro atoms. The second kappa shape index (κ2) is 11.1. The molecule has 0 aliphatic carbocycles. The summed E-state index contributed by atoms with van der Waals surface area (Å²) in [4.78, 5) is 22.7. The zero-order valence-electron chi connectivity index (χ0n) is 12.8. The average Bonchev–Trinajstić information content (AvgIpc) is 2.33. The lowest BCUT2D eigenvalue weighted by molar-refractivity contribution is -0.123. The predicted octanol–water partition coefficient (Wildman–Crippen LogP) is 2.06. The van der Waals surface area contributed by atoms with Crippen molar-refractivity contribution in [3.63, 3.8) is 0 Å². The first-order chi connectivity index (χ1) is 9.41. The molecular weight excluding hydrogens is 256 g/mol. The molecule has 0 heterocycles. The molecule has 0 saturated heterocycles. The van der Waals surface area contributed by atoms with Crippen LogP contribution in [0, 0.1) is 11.8 Å². The Labute approximate surface area is 121 Å². The van der Waals surface area contributed by atoms with E-state index in [-0.39, 0.29) is 11.8 Å². The van der Waals surface area contributed by atoms with Crippen molar-refractivity contribution >= 4 is 24.2 Å². The van der Waals surface area contributed by atoms with E-state index < -0.39 is 0 Å². The SMILES string of the molecule is CC(C)/C=N/NC(=O)CCCCC(=O)N/N=C/C(C)C. The molecule has 0 radical (unpaired) electrons. The zero-order valence-corrected chi connectivity index (χ0v) is 12.8. The summed E-state index contributed by atoms with van der Waals surface area (Å²) >= 11 is 0. The molecule has 0 aromatic heterocycles. The molecule has 0 aliphatic heterocycles. The van der Waals surface area contributed by atoms with E-state index in [0.29, 0.717) is 37.5 Å². The van der Waals surface area contributed by atoms with Gasteiger partial charge < -0.3 is 0 Å². The Hall–Kier alpha value is -1.72. The summed E-state index contributed by atoms with van der Waals surface area (Å²) in [5.74, 6) is 0.371. The van der Waals surface area contributed by atoms with Crippen LogP contribution in [0.4, 0.5) is 0 Å². The van der Waals surface area contributed by atoms with E-state index in [1.807, 2.05) is 27.7 Å². The zero-order chi connectivity index (χ0) is 15.4. The van der Waals surface area contributed by atoms with Gasteiger partial charge in [0.05, 0.1) is 0 Å². The molecule has 0 aliphatic rings. The van der Waals surface area contributed by atoms with Gasteiger partial charge in [-0.2, -0.15) is 10.2 Å². The molecule has 0 unspecified atom stereocenters. The van der Waals surface area contributed by atoms with E-state index in [1.54, 1.807) is 12.4 Å². The molecule has 0 aromatic rings. The Morgan fingerprint density at radius 3 is 1.50 bits per heavy atom. The topological polar surface area (TPSA) is 82.9 Å². The Balaban J connectivity index is 3.60. The van der Waals surface area contributed by atoms with Crippen LogP contribution in [0.15, 0.2) is 10.2 Å². The van der Waals surface area contributed by atoms with Crippen molar-refractivity contribution in [2.24, 2.45) is 22.0 Å². The summed E-state index contributed by atoms with van der Waals surface area (Å²) in [5.41, 5.74) is 4.91. The third-order valence-electron chi connectivity index (χ3n) is 2.18. The molecule has 0 fully saturated rings. The average molecular weight is 282 g/mol. The van der Waals surface area contributed by atoms with Gasteiger partial charge in [0, 0.05) is 25.3 Å². The van der Waals surface area contributed by atoms with Crippen molar-refractivity contribution in [3.05, 3.63) is 0 Å². The number of nitrogens with one attached hydrogen (secondary N) is 2. The highest BCUT2D eigenvalue weighted by molar-refractivity contribution is 5.78. The number of hydrogen-bond acceptors (Lipinski definition) is 4. The second-order valence-corrected chi connectivity index (χ2v) is 5.32. The Morgan fingerprint density at radius 2 is 1.20 bits per heavy atom. The number of hydrazone groups is 2. The first-order valence-corrected chi connectivity index (χ1v) is 7.06. The maximum absolute atomic E-state index is 11.4. The predicted molar refractivity (Wildman–Crippen MR) is 81.4 cm³/mol. The minimum atomic E-state index is -0.125. The smallest absolute Gasteiger partial charge is 0.240 e. The first kappa shape index (κ1) is 18.3. The molecule has 0 aromatic carbocycles. The molecule has 20 heavy (non-hydrogen) atoms. The lowest BCUT2D eigenvalue weighted by Crippen LogP contribution is -2.19. The summed E-state index contributed by atoms with van der Waals surface area (Å²) in [7, 11) is 0. The van der Waals surface area contributed by atoms with Crippen LogP contribution in [0.25, 0.3) is 0 Å². The van der Waals surface area contributed by atoms with E-state index >= 15 is 0 Å². The van der Waals surface area contributed by atoms with Crippen LogP contribution in [0.3, 0.4) is 0 Å². The summed E-state index contributed by atoms with van der Waals surface area (Å²) in [6.45, 7) is 7.93. The van der Waals surface area contributed by atoms with Gasteiger partial charge in [0.25, 0.3) is 0 Å². The number of hydrogen-bond donors (Lipinski definition) is 2. The minimum Gasteiger partial charge on any atom is -0.273 e. The second-order valence-electron chi connectivity index (χ2n) is 5.32. The van der Waals surface area contributed by atoms with Crippen molar-refractivity contribution < 1.29 is 9.59 Å². The number of amides is 2. The summed E-state index contributed by atoms with van der Waals surface area (Å²) in [6.07, 6.45) is 5.42. The Kier molecular flexibility index (Phi) is 10.2. The van der Waals surface area contributed by atoms with Gasteiger partial charge in [-0.1, -0.05) is 27.7 Å². The molecular formula is C14H26N4O2. The molecule has 6 nitrogen and oxygen atoms in total. The normalized spacial score (nSPS) is 11.7. The molecule has 0 bridgehead atoms. The van der Waals surface area contributed by atoms with Crippen molar-refractivity contribution in [2.45, 2.75) is 53.4 Å². The lowest BCUT2D eigenvalue weighted by atomic mass is 10.2. The van der Waals surface area contributed by atoms with Crippen molar-refractivity contribution in [1.82, 2.24) is 10.9 Å². The highest BCUT2D eigenvalue weighted by Crippen LogP contribution is 2.00. The number of rotatable bonds is 9. The molecule has 0 atom stereocenters. The minimum absolute atomic E-state index is 0.125. The van der Waals surface area contributed by atoms with Crippen LogP contribution < -0.4 is 10.9 Å². The third kappa shape index (κ3) is 12.7. The van der Waals surface area contributed by atoms with Crippen molar-refractivity contribution in [3.8, 4) is 0 Å². The van der Waals surface area contributed by atoms with E-state index in [1.165, 1.54) is 0 Å². The van der Waals surface area contributed by atoms with Gasteiger partial charge in [-0.05, 0) is 24.7 Å². The van der Waals surface area contributed by atoms with Crippen LogP contribution in [0.2, 0.25) is 0 Å². The summed E-state index contributed by atoms with van der Waals surface area (Å²) in [5, 5.41) is 7.64. The van der Waals surface area contributed by atoms with Gasteiger partial charge in [0.1, 0.15) is 0 Å². The number of nitrogens with zero attached hydrogens (tertiary/aromatic N) is 2. The highest BCUT2D eigenvalue weighted by Gasteiger charge is 2.02. The Morgan fingerprint density at radius 1 is 0.850 bits per heavy atom. The molecule has 2 amide bonds. The fourth-order valence-corrected chi connectivity index (χ4v) is 1.20. The lowest BCUT2D eigenvalue weighted by Gasteiger charge is -2.01. The maximum atomic E-state index is 11.4. The fraction of sp³-hybridized carbons (Fsp3) is 0.714. The largest absolute Gasteiger partial charge is 0.273 e. The van der Waals surface area contributed by atoms with E-state index in [0.717, 1.165) is 0 Å². The van der Waals surface area contributed by atoms with E-state index in [2.05, 4.69) is 21.1 Å². The summed E-state index contributed by atoms with van der Waals surface area (Å²) in [6, 6.07) is 0. The van der Waals surface area contributed by atoms with E-state index in [4.69, 9.17) is 0 Å². The van der Waals surface area contributed by atoms with Gasteiger partial charge in [-0.15, -0.1) is 0 Å².